The highest BCUT2D eigenvalue weighted by molar-refractivity contribution is 5.58. The van der Waals surface area contributed by atoms with E-state index in [2.05, 4.69) is 9.98 Å². The standard InChI is InChI=1S/C14H13F3N4O/c1-20(2)8-18-13-12(17)7-21(14(22)19-13)6-9-3-4-10(15)11(16)5-9/h3-5,7-8H,6H2,1-2H3/b18-8+. The Bertz CT molecular complexity index is 771. The summed E-state index contributed by atoms with van der Waals surface area (Å²) in [6, 6.07) is 3.19. The molecule has 1 heterocycles. The molecule has 116 valence electrons. The van der Waals surface area contributed by atoms with Gasteiger partial charge in [-0.05, 0) is 17.7 Å². The summed E-state index contributed by atoms with van der Waals surface area (Å²) < 4.78 is 40.8. The van der Waals surface area contributed by atoms with E-state index >= 15 is 0 Å². The molecule has 0 amide bonds. The Morgan fingerprint density at radius 2 is 1.95 bits per heavy atom. The number of nitrogens with zero attached hydrogens (tertiary/aromatic N) is 4. The van der Waals surface area contributed by atoms with Gasteiger partial charge in [-0.2, -0.15) is 4.98 Å². The minimum Gasteiger partial charge on any atom is -0.369 e. The van der Waals surface area contributed by atoms with Crippen LogP contribution in [0.5, 0.6) is 0 Å². The van der Waals surface area contributed by atoms with Gasteiger partial charge in [-0.25, -0.2) is 23.0 Å². The van der Waals surface area contributed by atoms with E-state index in [-0.39, 0.29) is 12.4 Å². The van der Waals surface area contributed by atoms with Crippen molar-refractivity contribution in [1.82, 2.24) is 14.5 Å². The van der Waals surface area contributed by atoms with Crippen LogP contribution < -0.4 is 5.69 Å². The van der Waals surface area contributed by atoms with Gasteiger partial charge < -0.3 is 4.90 Å². The van der Waals surface area contributed by atoms with Gasteiger partial charge in [0.05, 0.1) is 12.9 Å². The molecule has 2 rings (SSSR count). The molecule has 22 heavy (non-hydrogen) atoms. The number of hydrogen-bond acceptors (Lipinski definition) is 3. The highest BCUT2D eigenvalue weighted by Gasteiger charge is 2.09. The first kappa shape index (κ1) is 15.7. The van der Waals surface area contributed by atoms with Gasteiger partial charge in [-0.1, -0.05) is 6.07 Å². The summed E-state index contributed by atoms with van der Waals surface area (Å²) in [4.78, 5) is 20.6. The third-order valence-electron chi connectivity index (χ3n) is 2.68. The van der Waals surface area contributed by atoms with E-state index < -0.39 is 23.1 Å². The first-order chi connectivity index (χ1) is 10.4. The second kappa shape index (κ2) is 6.42. The molecular weight excluding hydrogens is 297 g/mol. The molecule has 0 atom stereocenters. The minimum absolute atomic E-state index is 0.127. The maximum Gasteiger partial charge on any atom is 0.350 e. The fraction of sp³-hybridized carbons (Fsp3) is 0.214. The van der Waals surface area contributed by atoms with Crippen LogP contribution in [0.2, 0.25) is 0 Å². The lowest BCUT2D eigenvalue weighted by Crippen LogP contribution is -2.23. The zero-order valence-electron chi connectivity index (χ0n) is 11.9. The van der Waals surface area contributed by atoms with Crippen molar-refractivity contribution in [2.24, 2.45) is 4.99 Å². The molecular formula is C14H13F3N4O. The molecule has 0 aliphatic rings. The van der Waals surface area contributed by atoms with Crippen LogP contribution in [0, 0.1) is 17.5 Å². The van der Waals surface area contributed by atoms with Crippen molar-refractivity contribution in [2.75, 3.05) is 14.1 Å². The minimum atomic E-state index is -1.04. The van der Waals surface area contributed by atoms with Crippen molar-refractivity contribution in [3.05, 3.63) is 57.9 Å². The molecule has 0 spiro atoms. The average molecular weight is 310 g/mol. The van der Waals surface area contributed by atoms with E-state index in [0.29, 0.717) is 5.56 Å². The van der Waals surface area contributed by atoms with Crippen LogP contribution in [-0.4, -0.2) is 34.9 Å². The van der Waals surface area contributed by atoms with Gasteiger partial charge in [-0.3, -0.25) is 4.57 Å². The van der Waals surface area contributed by atoms with Gasteiger partial charge >= 0.3 is 5.69 Å². The number of hydrogen-bond donors (Lipinski definition) is 0. The molecule has 0 aliphatic heterocycles. The predicted octanol–water partition coefficient (Wildman–Crippen LogP) is 1.93. The molecule has 1 aromatic heterocycles. The Labute approximate surface area is 124 Å². The number of halogens is 3. The molecule has 0 saturated carbocycles. The number of benzene rings is 1. The third kappa shape index (κ3) is 3.72. The highest BCUT2D eigenvalue weighted by atomic mass is 19.2. The molecule has 2 aromatic rings. The fourth-order valence-corrected chi connectivity index (χ4v) is 1.67. The largest absolute Gasteiger partial charge is 0.369 e. The average Bonchev–Trinajstić information content (AvgIpc) is 2.45. The summed E-state index contributed by atoms with van der Waals surface area (Å²) in [5, 5.41) is 0. The van der Waals surface area contributed by atoms with Crippen LogP contribution in [0.15, 0.2) is 34.2 Å². The zero-order valence-corrected chi connectivity index (χ0v) is 11.9. The van der Waals surface area contributed by atoms with E-state index in [9.17, 15) is 18.0 Å². The topological polar surface area (TPSA) is 50.5 Å². The van der Waals surface area contributed by atoms with Gasteiger partial charge in [0.25, 0.3) is 0 Å². The Balaban J connectivity index is 2.31. The first-order valence-electron chi connectivity index (χ1n) is 6.28. The van der Waals surface area contributed by atoms with Crippen LogP contribution in [0.3, 0.4) is 0 Å². The van der Waals surface area contributed by atoms with Crippen LogP contribution in [0.25, 0.3) is 0 Å². The lowest BCUT2D eigenvalue weighted by Gasteiger charge is -2.07. The molecule has 1 aromatic carbocycles. The van der Waals surface area contributed by atoms with E-state index in [0.717, 1.165) is 22.9 Å². The SMILES string of the molecule is CN(C)/C=N/c1nc(=O)n(Cc2ccc(F)c(F)c2)cc1F. The lowest BCUT2D eigenvalue weighted by molar-refractivity contribution is 0.505. The molecule has 0 unspecified atom stereocenters. The Hall–Kier alpha value is -2.64. The summed E-state index contributed by atoms with van der Waals surface area (Å²) in [6.07, 6.45) is 2.24. The Kier molecular flexibility index (Phi) is 4.59. The molecule has 0 bridgehead atoms. The van der Waals surface area contributed by atoms with E-state index in [4.69, 9.17) is 0 Å². The summed E-state index contributed by atoms with van der Waals surface area (Å²) in [7, 11) is 3.37. The maximum absolute atomic E-state index is 13.8. The molecule has 0 radical (unpaired) electrons. The second-order valence-electron chi connectivity index (χ2n) is 4.78. The van der Waals surface area contributed by atoms with Crippen molar-refractivity contribution in [2.45, 2.75) is 6.54 Å². The van der Waals surface area contributed by atoms with Crippen LogP contribution in [0.4, 0.5) is 19.0 Å². The number of aliphatic imine (C=N–C) groups is 1. The van der Waals surface area contributed by atoms with Gasteiger partial charge in [0.15, 0.2) is 23.3 Å². The number of aromatic nitrogens is 2. The molecule has 0 aliphatic carbocycles. The molecule has 0 saturated heterocycles. The van der Waals surface area contributed by atoms with Crippen molar-refractivity contribution >= 4 is 12.2 Å². The maximum atomic E-state index is 13.8. The zero-order chi connectivity index (χ0) is 16.3. The van der Waals surface area contributed by atoms with Gasteiger partial charge in [0.2, 0.25) is 0 Å². The molecule has 8 heteroatoms. The smallest absolute Gasteiger partial charge is 0.350 e. The molecule has 5 nitrogen and oxygen atoms in total. The Morgan fingerprint density at radius 1 is 1.23 bits per heavy atom. The molecule has 0 N–H and O–H groups in total. The summed E-state index contributed by atoms with van der Waals surface area (Å²) in [5.74, 6) is -3.15. The summed E-state index contributed by atoms with van der Waals surface area (Å²) >= 11 is 0. The van der Waals surface area contributed by atoms with Gasteiger partial charge in [0, 0.05) is 20.3 Å². The second-order valence-corrected chi connectivity index (χ2v) is 4.78. The fourth-order valence-electron chi connectivity index (χ4n) is 1.67. The van der Waals surface area contributed by atoms with Gasteiger partial charge in [0.1, 0.15) is 0 Å². The van der Waals surface area contributed by atoms with Crippen molar-refractivity contribution in [3.63, 3.8) is 0 Å². The predicted molar refractivity (Wildman–Crippen MR) is 75.8 cm³/mol. The first-order valence-corrected chi connectivity index (χ1v) is 6.28. The number of rotatable bonds is 4. The molecule has 0 fully saturated rings. The van der Waals surface area contributed by atoms with Crippen molar-refractivity contribution in [1.29, 1.82) is 0 Å². The highest BCUT2D eigenvalue weighted by Crippen LogP contribution is 2.13. The third-order valence-corrected chi connectivity index (χ3v) is 2.68. The van der Waals surface area contributed by atoms with Gasteiger partial charge in [-0.15, -0.1) is 0 Å². The summed E-state index contributed by atoms with van der Waals surface area (Å²) in [6.45, 7) is -0.127. The van der Waals surface area contributed by atoms with E-state index in [1.54, 1.807) is 19.0 Å². The van der Waals surface area contributed by atoms with Crippen molar-refractivity contribution < 1.29 is 13.2 Å². The van der Waals surface area contributed by atoms with E-state index in [1.165, 1.54) is 12.4 Å². The summed E-state index contributed by atoms with van der Waals surface area (Å²) in [5.41, 5.74) is -0.427. The van der Waals surface area contributed by atoms with Crippen LogP contribution >= 0.6 is 0 Å². The van der Waals surface area contributed by atoms with Crippen molar-refractivity contribution in [3.8, 4) is 0 Å². The van der Waals surface area contributed by atoms with Crippen LogP contribution in [-0.2, 0) is 6.54 Å². The van der Waals surface area contributed by atoms with Crippen LogP contribution in [0.1, 0.15) is 5.56 Å². The Morgan fingerprint density at radius 3 is 2.59 bits per heavy atom. The quantitative estimate of drug-likeness (QED) is 0.640. The monoisotopic (exact) mass is 310 g/mol. The lowest BCUT2D eigenvalue weighted by atomic mass is 10.2. The normalized spacial score (nSPS) is 11.1. The van der Waals surface area contributed by atoms with E-state index in [1.807, 2.05) is 0 Å².